The van der Waals surface area contributed by atoms with Crippen LogP contribution in [0.1, 0.15) is 46.2 Å². The molecule has 1 N–H and O–H groups in total. The zero-order valence-corrected chi connectivity index (χ0v) is 14.3. The normalized spacial score (nSPS) is 20.9. The third kappa shape index (κ3) is 2.93. The Morgan fingerprint density at radius 1 is 1.35 bits per heavy atom. The minimum absolute atomic E-state index is 0.170. The van der Waals surface area contributed by atoms with Gasteiger partial charge in [0.2, 0.25) is 0 Å². The highest BCUT2D eigenvalue weighted by molar-refractivity contribution is 5.84. The van der Waals surface area contributed by atoms with Gasteiger partial charge in [-0.3, -0.25) is 4.90 Å². The van der Waals surface area contributed by atoms with Crippen LogP contribution < -0.4 is 0 Å². The molecule has 1 aliphatic heterocycles. The Labute approximate surface area is 136 Å². The topological polar surface area (TPSA) is 54.6 Å². The average molecular weight is 316 g/mol. The molecule has 0 aliphatic carbocycles. The van der Waals surface area contributed by atoms with Crippen LogP contribution in [-0.4, -0.2) is 33.9 Å². The second-order valence-corrected chi connectivity index (χ2v) is 7.41. The first-order valence-corrected chi connectivity index (χ1v) is 7.91. The van der Waals surface area contributed by atoms with E-state index in [9.17, 15) is 4.79 Å². The lowest BCUT2D eigenvalue weighted by Gasteiger charge is -2.35. The number of fused-ring (bicyclic) bond motifs is 1. The molecule has 0 bridgehead atoms. The predicted molar refractivity (Wildman–Crippen MR) is 89.1 cm³/mol. The number of nitrogens with zero attached hydrogens (tertiary/aromatic N) is 1. The molecule has 3 rings (SSSR count). The lowest BCUT2D eigenvalue weighted by Crippen LogP contribution is -2.47. The number of carbonyl (C=O) groups is 1. The molecule has 1 fully saturated rings. The standard InChI is InChI=1S/C18H24N2O3/c1-17(2,3)23-16(21)20-15(11-22-18(20,4)5)13-10-19-14-9-7-6-8-12(13)14/h6-10,15,19H,11H2,1-5H3/t15-/m0/s1. The number of para-hydroxylation sites is 1. The van der Waals surface area contributed by atoms with Crippen molar-refractivity contribution in [2.75, 3.05) is 6.61 Å². The van der Waals surface area contributed by atoms with Gasteiger partial charge < -0.3 is 14.5 Å². The van der Waals surface area contributed by atoms with E-state index < -0.39 is 11.3 Å². The van der Waals surface area contributed by atoms with Crippen LogP contribution in [0.25, 0.3) is 10.9 Å². The van der Waals surface area contributed by atoms with Crippen LogP contribution in [0.3, 0.4) is 0 Å². The smallest absolute Gasteiger partial charge is 0.413 e. The van der Waals surface area contributed by atoms with Crippen molar-refractivity contribution in [2.24, 2.45) is 0 Å². The Hall–Kier alpha value is -2.01. The lowest BCUT2D eigenvalue weighted by atomic mass is 10.0. The minimum Gasteiger partial charge on any atom is -0.444 e. The number of amides is 1. The quantitative estimate of drug-likeness (QED) is 0.857. The fourth-order valence-electron chi connectivity index (χ4n) is 3.06. The molecule has 124 valence electrons. The van der Waals surface area contributed by atoms with Gasteiger partial charge in [-0.25, -0.2) is 4.79 Å². The summed E-state index contributed by atoms with van der Waals surface area (Å²) in [6.45, 7) is 9.85. The van der Waals surface area contributed by atoms with Crippen molar-refractivity contribution in [2.45, 2.75) is 52.0 Å². The summed E-state index contributed by atoms with van der Waals surface area (Å²) < 4.78 is 11.5. The van der Waals surface area contributed by atoms with Gasteiger partial charge in [-0.05, 0) is 40.7 Å². The van der Waals surface area contributed by atoms with Gasteiger partial charge in [0.1, 0.15) is 11.3 Å². The van der Waals surface area contributed by atoms with E-state index in [-0.39, 0.29) is 12.1 Å². The first-order chi connectivity index (χ1) is 10.7. The zero-order valence-electron chi connectivity index (χ0n) is 14.3. The maximum absolute atomic E-state index is 12.7. The third-order valence-electron chi connectivity index (χ3n) is 4.06. The number of hydrogen-bond acceptors (Lipinski definition) is 3. The second-order valence-electron chi connectivity index (χ2n) is 7.41. The molecule has 0 radical (unpaired) electrons. The molecule has 1 aliphatic rings. The maximum Gasteiger partial charge on any atom is 0.413 e. The van der Waals surface area contributed by atoms with Crippen LogP contribution in [0.2, 0.25) is 0 Å². The Bertz CT molecular complexity index is 727. The van der Waals surface area contributed by atoms with Crippen LogP contribution in [0.5, 0.6) is 0 Å². The van der Waals surface area contributed by atoms with Gasteiger partial charge >= 0.3 is 6.09 Å². The molecule has 2 aromatic rings. The molecule has 5 nitrogen and oxygen atoms in total. The molecule has 2 heterocycles. The van der Waals surface area contributed by atoms with Crippen molar-refractivity contribution in [1.82, 2.24) is 9.88 Å². The van der Waals surface area contributed by atoms with Gasteiger partial charge in [0.05, 0.1) is 12.6 Å². The molecule has 1 atom stereocenters. The number of nitrogens with one attached hydrogen (secondary N) is 1. The fourth-order valence-corrected chi connectivity index (χ4v) is 3.06. The molecule has 1 aromatic heterocycles. The van der Waals surface area contributed by atoms with Crippen LogP contribution in [0.15, 0.2) is 30.5 Å². The number of ether oxygens (including phenoxy) is 2. The van der Waals surface area contributed by atoms with E-state index >= 15 is 0 Å². The Kier molecular flexibility index (Phi) is 3.64. The third-order valence-corrected chi connectivity index (χ3v) is 4.06. The average Bonchev–Trinajstić information content (AvgIpc) is 2.97. The molecule has 5 heteroatoms. The minimum atomic E-state index is -0.703. The monoisotopic (exact) mass is 316 g/mol. The van der Waals surface area contributed by atoms with E-state index in [4.69, 9.17) is 9.47 Å². The van der Waals surface area contributed by atoms with Crippen LogP contribution in [-0.2, 0) is 9.47 Å². The van der Waals surface area contributed by atoms with Crippen molar-refractivity contribution < 1.29 is 14.3 Å². The maximum atomic E-state index is 12.7. The summed E-state index contributed by atoms with van der Waals surface area (Å²) in [5, 5.41) is 1.10. The van der Waals surface area contributed by atoms with Gasteiger partial charge in [-0.2, -0.15) is 0 Å². The number of H-pyrrole nitrogens is 1. The summed E-state index contributed by atoms with van der Waals surface area (Å²) in [5.41, 5.74) is 0.861. The number of carbonyl (C=O) groups excluding carboxylic acids is 1. The zero-order chi connectivity index (χ0) is 16.8. The molecule has 1 amide bonds. The fraction of sp³-hybridized carbons (Fsp3) is 0.500. The van der Waals surface area contributed by atoms with Crippen LogP contribution in [0.4, 0.5) is 4.79 Å². The highest BCUT2D eigenvalue weighted by Crippen LogP contribution is 2.40. The first-order valence-electron chi connectivity index (χ1n) is 7.91. The summed E-state index contributed by atoms with van der Waals surface area (Å²) in [6.07, 6.45) is 1.60. The second kappa shape index (κ2) is 5.27. The van der Waals surface area contributed by atoms with E-state index in [0.29, 0.717) is 6.61 Å². The number of rotatable bonds is 1. The van der Waals surface area contributed by atoms with Crippen molar-refractivity contribution in [3.8, 4) is 0 Å². The Balaban J connectivity index is 1.99. The summed E-state index contributed by atoms with van der Waals surface area (Å²) in [7, 11) is 0. The molecule has 1 aromatic carbocycles. The SMILES string of the molecule is CC(C)(C)OC(=O)N1[C@H](c2c[nH]c3ccccc23)COC1(C)C. The van der Waals surface area contributed by atoms with E-state index in [2.05, 4.69) is 11.1 Å². The highest BCUT2D eigenvalue weighted by Gasteiger charge is 2.46. The summed E-state index contributed by atoms with van der Waals surface area (Å²) in [5.74, 6) is 0. The van der Waals surface area contributed by atoms with E-state index in [1.807, 2.05) is 59.0 Å². The summed E-state index contributed by atoms with van der Waals surface area (Å²) in [4.78, 5) is 17.7. The molecular formula is C18H24N2O3. The number of hydrogen-bond donors (Lipinski definition) is 1. The Morgan fingerprint density at radius 2 is 2.04 bits per heavy atom. The van der Waals surface area contributed by atoms with Gasteiger partial charge in [0, 0.05) is 22.7 Å². The van der Waals surface area contributed by atoms with Crippen molar-refractivity contribution in [3.63, 3.8) is 0 Å². The van der Waals surface area contributed by atoms with Gasteiger partial charge in [-0.1, -0.05) is 18.2 Å². The summed E-state index contributed by atoms with van der Waals surface area (Å²) >= 11 is 0. The first kappa shape index (κ1) is 15.9. The molecule has 0 spiro atoms. The number of aromatic amines is 1. The largest absolute Gasteiger partial charge is 0.444 e. The van der Waals surface area contributed by atoms with Gasteiger partial charge in [0.25, 0.3) is 0 Å². The molecule has 0 unspecified atom stereocenters. The van der Waals surface area contributed by atoms with E-state index in [0.717, 1.165) is 16.5 Å². The Morgan fingerprint density at radius 3 is 2.74 bits per heavy atom. The molecule has 0 saturated carbocycles. The van der Waals surface area contributed by atoms with Gasteiger partial charge in [0.15, 0.2) is 0 Å². The van der Waals surface area contributed by atoms with Crippen molar-refractivity contribution >= 4 is 17.0 Å². The number of aromatic nitrogens is 1. The summed E-state index contributed by atoms with van der Waals surface area (Å²) in [6, 6.07) is 7.90. The van der Waals surface area contributed by atoms with E-state index in [1.165, 1.54) is 0 Å². The van der Waals surface area contributed by atoms with Gasteiger partial charge in [-0.15, -0.1) is 0 Å². The molecule has 23 heavy (non-hydrogen) atoms. The molecular weight excluding hydrogens is 292 g/mol. The predicted octanol–water partition coefficient (Wildman–Crippen LogP) is 4.21. The molecule has 1 saturated heterocycles. The van der Waals surface area contributed by atoms with Crippen molar-refractivity contribution in [3.05, 3.63) is 36.0 Å². The highest BCUT2D eigenvalue weighted by atomic mass is 16.6. The van der Waals surface area contributed by atoms with E-state index in [1.54, 1.807) is 4.90 Å². The van der Waals surface area contributed by atoms with Crippen molar-refractivity contribution in [1.29, 1.82) is 0 Å². The lowest BCUT2D eigenvalue weighted by molar-refractivity contribution is -0.0625. The van der Waals surface area contributed by atoms with Crippen LogP contribution >= 0.6 is 0 Å². The number of benzene rings is 1. The van der Waals surface area contributed by atoms with Crippen LogP contribution in [0, 0.1) is 0 Å².